The molecular weight excluding hydrogens is 196 g/mol. The molecule has 0 bridgehead atoms. The number of piperidine rings is 1. The van der Waals surface area contributed by atoms with E-state index < -0.39 is 0 Å². The molecule has 0 aromatic heterocycles. The second-order valence-electron chi connectivity index (χ2n) is 5.13. The van der Waals surface area contributed by atoms with Gasteiger partial charge in [-0.2, -0.15) is 0 Å². The molecule has 1 saturated heterocycles. The summed E-state index contributed by atoms with van der Waals surface area (Å²) in [7, 11) is 4.19. The van der Waals surface area contributed by atoms with Gasteiger partial charge in [-0.15, -0.1) is 0 Å². The van der Waals surface area contributed by atoms with Gasteiger partial charge in [0.1, 0.15) is 0 Å². The van der Waals surface area contributed by atoms with E-state index in [1.54, 1.807) is 0 Å². The number of rotatable bonds is 2. The van der Waals surface area contributed by atoms with Crippen LogP contribution in [0.15, 0.2) is 24.3 Å². The van der Waals surface area contributed by atoms with Crippen LogP contribution in [0.3, 0.4) is 0 Å². The van der Waals surface area contributed by atoms with Crippen LogP contribution in [0.25, 0.3) is 0 Å². The molecule has 2 atom stereocenters. The van der Waals surface area contributed by atoms with Crippen LogP contribution < -0.4 is 10.2 Å². The van der Waals surface area contributed by atoms with Crippen LogP contribution in [0.5, 0.6) is 0 Å². The van der Waals surface area contributed by atoms with E-state index in [4.69, 9.17) is 0 Å². The fourth-order valence-corrected chi connectivity index (χ4v) is 2.30. The summed E-state index contributed by atoms with van der Waals surface area (Å²) in [5.41, 5.74) is 2.72. The summed E-state index contributed by atoms with van der Waals surface area (Å²) in [6, 6.07) is 9.41. The second-order valence-corrected chi connectivity index (χ2v) is 5.13. The zero-order chi connectivity index (χ0) is 11.5. The molecule has 1 N–H and O–H groups in total. The first-order valence-corrected chi connectivity index (χ1v) is 6.17. The second kappa shape index (κ2) is 4.88. The van der Waals surface area contributed by atoms with Gasteiger partial charge in [0, 0.05) is 25.8 Å². The molecule has 2 nitrogen and oxygen atoms in total. The highest BCUT2D eigenvalue weighted by molar-refractivity contribution is 5.47. The summed E-state index contributed by atoms with van der Waals surface area (Å²) in [5, 5.41) is 3.63. The lowest BCUT2D eigenvalue weighted by atomic mass is 9.92. The molecular formula is C14H22N2. The van der Waals surface area contributed by atoms with Crippen LogP contribution in [0.2, 0.25) is 0 Å². The predicted molar refractivity (Wildman–Crippen MR) is 69.9 cm³/mol. The summed E-state index contributed by atoms with van der Waals surface area (Å²) in [6.45, 7) is 3.47. The van der Waals surface area contributed by atoms with E-state index in [1.807, 2.05) is 0 Å². The van der Waals surface area contributed by atoms with Crippen molar-refractivity contribution < 1.29 is 0 Å². The minimum absolute atomic E-state index is 0.552. The maximum Gasteiger partial charge on any atom is 0.0364 e. The Kier molecular flexibility index (Phi) is 3.49. The third-order valence-electron chi connectivity index (χ3n) is 3.45. The van der Waals surface area contributed by atoms with E-state index in [-0.39, 0.29) is 0 Å². The molecule has 0 unspecified atom stereocenters. The van der Waals surface area contributed by atoms with Crippen LogP contribution in [-0.4, -0.2) is 20.6 Å². The van der Waals surface area contributed by atoms with Gasteiger partial charge in [0.05, 0.1) is 0 Å². The van der Waals surface area contributed by atoms with Crippen LogP contribution in [0.4, 0.5) is 5.69 Å². The van der Waals surface area contributed by atoms with Crippen LogP contribution >= 0.6 is 0 Å². The maximum atomic E-state index is 3.63. The zero-order valence-electron chi connectivity index (χ0n) is 10.5. The molecule has 1 aromatic rings. The van der Waals surface area contributed by atoms with E-state index in [0.29, 0.717) is 6.04 Å². The Balaban J connectivity index is 2.11. The van der Waals surface area contributed by atoms with Crippen molar-refractivity contribution in [2.24, 2.45) is 5.92 Å². The molecule has 0 spiro atoms. The first-order chi connectivity index (χ1) is 7.66. The van der Waals surface area contributed by atoms with Crippen LogP contribution in [0.1, 0.15) is 31.4 Å². The van der Waals surface area contributed by atoms with E-state index in [0.717, 1.165) is 12.5 Å². The maximum absolute atomic E-state index is 3.63. The fourth-order valence-electron chi connectivity index (χ4n) is 2.30. The highest BCUT2D eigenvalue weighted by Gasteiger charge is 2.18. The smallest absolute Gasteiger partial charge is 0.0364 e. The Hall–Kier alpha value is -1.02. The summed E-state index contributed by atoms with van der Waals surface area (Å²) >= 11 is 0. The molecule has 88 valence electrons. The Labute approximate surface area is 98.7 Å². The Bertz CT molecular complexity index is 338. The quantitative estimate of drug-likeness (QED) is 0.821. The molecule has 1 aliphatic rings. The topological polar surface area (TPSA) is 15.3 Å². The summed E-state index contributed by atoms with van der Waals surface area (Å²) in [4.78, 5) is 2.16. The van der Waals surface area contributed by atoms with Crippen molar-refractivity contribution in [3.05, 3.63) is 29.8 Å². The average Bonchev–Trinajstić information content (AvgIpc) is 2.30. The Morgan fingerprint density at radius 2 is 2.06 bits per heavy atom. The lowest BCUT2D eigenvalue weighted by Gasteiger charge is -2.28. The van der Waals surface area contributed by atoms with Gasteiger partial charge >= 0.3 is 0 Å². The largest absolute Gasteiger partial charge is 0.378 e. The van der Waals surface area contributed by atoms with Crippen molar-refractivity contribution in [3.8, 4) is 0 Å². The first-order valence-electron chi connectivity index (χ1n) is 6.17. The number of benzene rings is 1. The van der Waals surface area contributed by atoms with Gasteiger partial charge < -0.3 is 10.2 Å². The van der Waals surface area contributed by atoms with Crippen molar-refractivity contribution in [2.45, 2.75) is 25.8 Å². The molecule has 0 aliphatic carbocycles. The van der Waals surface area contributed by atoms with Gasteiger partial charge in [-0.25, -0.2) is 0 Å². The van der Waals surface area contributed by atoms with Crippen LogP contribution in [0, 0.1) is 5.92 Å². The van der Waals surface area contributed by atoms with Gasteiger partial charge in [0.25, 0.3) is 0 Å². The molecule has 1 heterocycles. The highest BCUT2D eigenvalue weighted by atomic mass is 15.1. The molecule has 2 rings (SSSR count). The lowest BCUT2D eigenvalue weighted by Crippen LogP contribution is -2.31. The van der Waals surface area contributed by atoms with Gasteiger partial charge in [0.2, 0.25) is 0 Å². The van der Waals surface area contributed by atoms with E-state index >= 15 is 0 Å². The molecule has 2 heteroatoms. The van der Waals surface area contributed by atoms with Crippen molar-refractivity contribution >= 4 is 5.69 Å². The number of nitrogens with zero attached hydrogens (tertiary/aromatic N) is 1. The van der Waals surface area contributed by atoms with Gasteiger partial charge in [0.15, 0.2) is 0 Å². The van der Waals surface area contributed by atoms with Gasteiger partial charge in [-0.3, -0.25) is 0 Å². The number of hydrogen-bond acceptors (Lipinski definition) is 2. The molecule has 0 saturated carbocycles. The average molecular weight is 218 g/mol. The van der Waals surface area contributed by atoms with Crippen molar-refractivity contribution in [3.63, 3.8) is 0 Å². The normalized spacial score (nSPS) is 25.4. The van der Waals surface area contributed by atoms with E-state index in [2.05, 4.69) is 55.5 Å². The predicted octanol–water partition coefficient (Wildman–Crippen LogP) is 2.81. The zero-order valence-corrected chi connectivity index (χ0v) is 10.5. The van der Waals surface area contributed by atoms with Crippen molar-refractivity contribution in [1.29, 1.82) is 0 Å². The Morgan fingerprint density at radius 3 is 2.69 bits per heavy atom. The number of anilines is 1. The highest BCUT2D eigenvalue weighted by Crippen LogP contribution is 2.27. The minimum atomic E-state index is 0.552. The first kappa shape index (κ1) is 11.5. The molecule has 16 heavy (non-hydrogen) atoms. The third kappa shape index (κ3) is 2.56. The number of hydrogen-bond donors (Lipinski definition) is 1. The Morgan fingerprint density at radius 1 is 1.25 bits per heavy atom. The third-order valence-corrected chi connectivity index (χ3v) is 3.45. The van der Waals surface area contributed by atoms with Crippen molar-refractivity contribution in [2.75, 3.05) is 25.5 Å². The number of nitrogens with one attached hydrogen (secondary N) is 1. The molecule has 0 amide bonds. The summed E-state index contributed by atoms with van der Waals surface area (Å²) in [5.74, 6) is 0.827. The van der Waals surface area contributed by atoms with Gasteiger partial charge in [-0.05, 0) is 43.0 Å². The van der Waals surface area contributed by atoms with E-state index in [1.165, 1.54) is 24.1 Å². The van der Waals surface area contributed by atoms with Crippen molar-refractivity contribution in [1.82, 2.24) is 5.32 Å². The van der Waals surface area contributed by atoms with Crippen LogP contribution in [-0.2, 0) is 0 Å². The minimum Gasteiger partial charge on any atom is -0.378 e. The molecule has 1 aliphatic heterocycles. The standard InChI is InChI=1S/C14H22N2/c1-11-7-8-14(15-10-11)12-5-4-6-13(9-12)16(2)3/h4-6,9,11,14-15H,7-8,10H2,1-3H3/t11-,14+/m0/s1. The SMILES string of the molecule is C[C@H]1CC[C@H](c2cccc(N(C)C)c2)NC1. The van der Waals surface area contributed by atoms with E-state index in [9.17, 15) is 0 Å². The monoisotopic (exact) mass is 218 g/mol. The fraction of sp³-hybridized carbons (Fsp3) is 0.571. The molecule has 0 radical (unpaired) electrons. The lowest BCUT2D eigenvalue weighted by molar-refractivity contribution is 0.333. The molecule has 1 fully saturated rings. The summed E-state index contributed by atoms with van der Waals surface area (Å²) < 4.78 is 0. The molecule has 1 aromatic carbocycles. The van der Waals surface area contributed by atoms with Gasteiger partial charge in [-0.1, -0.05) is 19.1 Å². The summed E-state index contributed by atoms with van der Waals surface area (Å²) in [6.07, 6.45) is 2.60.